The molecule has 2 fully saturated rings. The molecule has 26 heavy (non-hydrogen) atoms. The van der Waals surface area contributed by atoms with Crippen LogP contribution in [0.5, 0.6) is 0 Å². The first-order valence-corrected chi connectivity index (χ1v) is 10.0. The molecule has 3 atom stereocenters. The predicted molar refractivity (Wildman–Crippen MR) is 106 cm³/mol. The van der Waals surface area contributed by atoms with Gasteiger partial charge in [-0.3, -0.25) is 4.79 Å². The van der Waals surface area contributed by atoms with Crippen LogP contribution in [0.15, 0.2) is 60.7 Å². The lowest BCUT2D eigenvalue weighted by Crippen LogP contribution is -2.40. The van der Waals surface area contributed by atoms with E-state index in [1.165, 1.54) is 36.8 Å². The first-order chi connectivity index (χ1) is 12.6. The van der Waals surface area contributed by atoms with Gasteiger partial charge in [-0.25, -0.2) is 0 Å². The number of rotatable bonds is 6. The van der Waals surface area contributed by atoms with Crippen molar-refractivity contribution >= 4 is 5.91 Å². The Labute approximate surface area is 157 Å². The Balaban J connectivity index is 1.46. The van der Waals surface area contributed by atoms with Gasteiger partial charge in [0.25, 0.3) is 0 Å². The monoisotopic (exact) mass is 347 g/mol. The Hall–Kier alpha value is -2.09. The van der Waals surface area contributed by atoms with Crippen LogP contribution in [0.4, 0.5) is 0 Å². The van der Waals surface area contributed by atoms with E-state index in [0.29, 0.717) is 18.9 Å². The fourth-order valence-electron chi connectivity index (χ4n) is 5.19. The molecule has 2 bridgehead atoms. The molecule has 1 N–H and O–H groups in total. The van der Waals surface area contributed by atoms with Crippen LogP contribution < -0.4 is 5.32 Å². The molecule has 0 saturated heterocycles. The van der Waals surface area contributed by atoms with Gasteiger partial charge < -0.3 is 5.32 Å². The summed E-state index contributed by atoms with van der Waals surface area (Å²) in [6, 6.07) is 21.0. The summed E-state index contributed by atoms with van der Waals surface area (Å²) in [5.41, 5.74) is 2.27. The zero-order valence-corrected chi connectivity index (χ0v) is 15.7. The molecular weight excluding hydrogens is 318 g/mol. The van der Waals surface area contributed by atoms with E-state index in [1.807, 2.05) is 12.1 Å². The number of fused-ring (bicyclic) bond motifs is 2. The summed E-state index contributed by atoms with van der Waals surface area (Å²) >= 11 is 0. The summed E-state index contributed by atoms with van der Waals surface area (Å²) < 4.78 is 0. The minimum absolute atomic E-state index is 0.215. The Morgan fingerprint density at radius 2 is 1.58 bits per heavy atom. The number of nitrogens with one attached hydrogen (secondary N) is 1. The van der Waals surface area contributed by atoms with E-state index in [4.69, 9.17) is 0 Å². The van der Waals surface area contributed by atoms with Crippen LogP contribution in [0.25, 0.3) is 0 Å². The molecule has 4 rings (SSSR count). The van der Waals surface area contributed by atoms with Crippen LogP contribution in [0, 0.1) is 17.8 Å². The second-order valence-corrected chi connectivity index (χ2v) is 8.48. The van der Waals surface area contributed by atoms with E-state index >= 15 is 0 Å². The van der Waals surface area contributed by atoms with Crippen LogP contribution in [-0.4, -0.2) is 12.5 Å². The number of amides is 1. The molecule has 1 amide bonds. The number of hydrogen-bond acceptors (Lipinski definition) is 1. The maximum Gasteiger partial charge on any atom is 0.220 e. The van der Waals surface area contributed by atoms with Gasteiger partial charge >= 0.3 is 0 Å². The van der Waals surface area contributed by atoms with Gasteiger partial charge in [-0.1, -0.05) is 67.1 Å². The molecule has 0 aliphatic heterocycles. The van der Waals surface area contributed by atoms with Crippen molar-refractivity contribution in [3.8, 4) is 0 Å². The SMILES string of the molecule is CC(CNC(=O)CC1CC2CCC1C2)(c1ccccc1)c1ccccc1. The van der Waals surface area contributed by atoms with Crippen molar-refractivity contribution < 1.29 is 4.79 Å². The third-order valence-electron chi connectivity index (χ3n) is 6.79. The predicted octanol–water partition coefficient (Wildman–Crippen LogP) is 4.94. The van der Waals surface area contributed by atoms with Gasteiger partial charge in [0, 0.05) is 18.4 Å². The topological polar surface area (TPSA) is 29.1 Å². The molecule has 0 heterocycles. The summed E-state index contributed by atoms with van der Waals surface area (Å²) in [6.45, 7) is 2.87. The third-order valence-corrected chi connectivity index (χ3v) is 6.79. The van der Waals surface area contributed by atoms with Crippen LogP contribution in [0.1, 0.15) is 50.2 Å². The van der Waals surface area contributed by atoms with Crippen LogP contribution in [0.3, 0.4) is 0 Å². The summed E-state index contributed by atoms with van der Waals surface area (Å²) in [4.78, 5) is 12.7. The van der Waals surface area contributed by atoms with Crippen molar-refractivity contribution in [2.24, 2.45) is 17.8 Å². The van der Waals surface area contributed by atoms with Crippen molar-refractivity contribution in [1.82, 2.24) is 5.32 Å². The molecule has 2 nitrogen and oxygen atoms in total. The first kappa shape index (κ1) is 17.3. The lowest BCUT2D eigenvalue weighted by atomic mass is 9.76. The van der Waals surface area contributed by atoms with Crippen molar-refractivity contribution in [1.29, 1.82) is 0 Å². The zero-order chi connectivity index (χ0) is 18.0. The smallest absolute Gasteiger partial charge is 0.220 e. The number of benzene rings is 2. The van der Waals surface area contributed by atoms with Crippen molar-refractivity contribution in [3.63, 3.8) is 0 Å². The minimum atomic E-state index is -0.215. The maximum atomic E-state index is 12.7. The van der Waals surface area contributed by atoms with Crippen molar-refractivity contribution in [3.05, 3.63) is 71.8 Å². The fourth-order valence-corrected chi connectivity index (χ4v) is 5.19. The Kier molecular flexibility index (Phi) is 4.84. The number of carbonyl (C=O) groups is 1. The normalized spacial score (nSPS) is 24.6. The van der Waals surface area contributed by atoms with Crippen molar-refractivity contribution in [2.75, 3.05) is 6.54 Å². The second kappa shape index (κ2) is 7.26. The highest BCUT2D eigenvalue weighted by Crippen LogP contribution is 2.49. The highest BCUT2D eigenvalue weighted by molar-refractivity contribution is 5.76. The highest BCUT2D eigenvalue weighted by Gasteiger charge is 2.40. The molecule has 3 unspecified atom stereocenters. The van der Waals surface area contributed by atoms with E-state index < -0.39 is 0 Å². The van der Waals surface area contributed by atoms with Gasteiger partial charge in [0.2, 0.25) is 5.91 Å². The average molecular weight is 348 g/mol. The molecule has 2 aromatic rings. The van der Waals surface area contributed by atoms with Gasteiger partial charge in [-0.2, -0.15) is 0 Å². The summed E-state index contributed by atoms with van der Waals surface area (Å²) in [6.07, 6.45) is 6.08. The maximum absolute atomic E-state index is 12.7. The molecule has 0 radical (unpaired) electrons. The quantitative estimate of drug-likeness (QED) is 0.788. The van der Waals surface area contributed by atoms with E-state index in [-0.39, 0.29) is 11.3 Å². The third kappa shape index (κ3) is 3.42. The van der Waals surface area contributed by atoms with Gasteiger partial charge in [0.15, 0.2) is 0 Å². The van der Waals surface area contributed by atoms with Gasteiger partial charge in [-0.15, -0.1) is 0 Å². The summed E-state index contributed by atoms with van der Waals surface area (Å²) in [7, 11) is 0. The largest absolute Gasteiger partial charge is 0.355 e. The molecule has 0 aromatic heterocycles. The first-order valence-electron chi connectivity index (χ1n) is 10.0. The lowest BCUT2D eigenvalue weighted by molar-refractivity contribution is -0.122. The molecule has 2 aromatic carbocycles. The van der Waals surface area contributed by atoms with Gasteiger partial charge in [0.05, 0.1) is 0 Å². The Bertz CT molecular complexity index is 700. The molecule has 0 spiro atoms. The van der Waals surface area contributed by atoms with Gasteiger partial charge in [-0.05, 0) is 55.1 Å². The summed E-state index contributed by atoms with van der Waals surface area (Å²) in [5, 5.41) is 3.27. The van der Waals surface area contributed by atoms with E-state index in [1.54, 1.807) is 0 Å². The highest BCUT2D eigenvalue weighted by atomic mass is 16.1. The molecule has 2 aliphatic rings. The number of hydrogen-bond donors (Lipinski definition) is 1. The average Bonchev–Trinajstić information content (AvgIpc) is 3.31. The Morgan fingerprint density at radius 1 is 0.962 bits per heavy atom. The molecule has 2 aliphatic carbocycles. The zero-order valence-electron chi connectivity index (χ0n) is 15.7. The fraction of sp³-hybridized carbons (Fsp3) is 0.458. The second-order valence-electron chi connectivity index (χ2n) is 8.48. The van der Waals surface area contributed by atoms with Gasteiger partial charge in [0.1, 0.15) is 0 Å². The van der Waals surface area contributed by atoms with Crippen LogP contribution in [-0.2, 0) is 10.2 Å². The molecular formula is C24H29NO. The number of carbonyl (C=O) groups excluding carboxylic acids is 1. The van der Waals surface area contributed by atoms with Crippen molar-refractivity contribution in [2.45, 2.75) is 44.4 Å². The summed E-state index contributed by atoms with van der Waals surface area (Å²) in [5.74, 6) is 2.55. The molecule has 136 valence electrons. The minimum Gasteiger partial charge on any atom is -0.355 e. The van der Waals surface area contributed by atoms with E-state index in [0.717, 1.165) is 11.8 Å². The van der Waals surface area contributed by atoms with E-state index in [2.05, 4.69) is 60.8 Å². The Morgan fingerprint density at radius 3 is 2.08 bits per heavy atom. The van der Waals surface area contributed by atoms with Crippen LogP contribution in [0.2, 0.25) is 0 Å². The lowest BCUT2D eigenvalue weighted by Gasteiger charge is -2.32. The standard InChI is InChI=1S/C24H29NO/c1-24(21-8-4-2-5-9-21,22-10-6-3-7-11-22)17-25-23(26)16-20-15-18-12-13-19(20)14-18/h2-11,18-20H,12-17H2,1H3,(H,25,26). The molecule has 2 heteroatoms. The van der Waals surface area contributed by atoms with E-state index in [9.17, 15) is 4.79 Å². The molecule has 2 saturated carbocycles. The van der Waals surface area contributed by atoms with Crippen LogP contribution >= 0.6 is 0 Å².